The minimum absolute atomic E-state index is 0.0776. The van der Waals surface area contributed by atoms with Gasteiger partial charge in [0.15, 0.2) is 0 Å². The Morgan fingerprint density at radius 1 is 1.26 bits per heavy atom. The van der Waals surface area contributed by atoms with Crippen molar-refractivity contribution in [3.05, 3.63) is 29.8 Å². The van der Waals surface area contributed by atoms with E-state index in [1.54, 1.807) is 19.1 Å². The number of rotatable bonds is 6. The lowest BCUT2D eigenvalue weighted by Gasteiger charge is -2.12. The summed E-state index contributed by atoms with van der Waals surface area (Å²) >= 11 is 0. The lowest BCUT2D eigenvalue weighted by Crippen LogP contribution is -2.20. The fraction of sp³-hybridized carbons (Fsp3) is 0.462. The van der Waals surface area contributed by atoms with E-state index < -0.39 is 22.2 Å². The quantitative estimate of drug-likeness (QED) is 0.591. The van der Waals surface area contributed by atoms with Crippen molar-refractivity contribution in [3.8, 4) is 0 Å². The van der Waals surface area contributed by atoms with Crippen LogP contribution >= 0.6 is 0 Å². The van der Waals surface area contributed by atoms with Crippen LogP contribution in [0.25, 0.3) is 0 Å². The molecule has 1 rings (SSSR count). The van der Waals surface area contributed by atoms with Gasteiger partial charge in [0.2, 0.25) is 0 Å². The Bertz CT molecular complexity index is 518. The van der Waals surface area contributed by atoms with E-state index in [0.29, 0.717) is 0 Å². The summed E-state index contributed by atoms with van der Waals surface area (Å²) in [6.07, 6.45) is -0.857. The van der Waals surface area contributed by atoms with Gasteiger partial charge in [-0.2, -0.15) is 8.42 Å². The maximum atomic E-state index is 11.9. The first kappa shape index (κ1) is 15.7. The maximum Gasteiger partial charge on any atom is 0.308 e. The Morgan fingerprint density at radius 2 is 1.84 bits per heavy atom. The molecule has 0 radical (unpaired) electrons. The van der Waals surface area contributed by atoms with Gasteiger partial charge in [-0.15, -0.1) is 0 Å². The number of hydrogen-bond acceptors (Lipinski definition) is 5. The topological polar surface area (TPSA) is 69.7 Å². The summed E-state index contributed by atoms with van der Waals surface area (Å²) in [7, 11) is -3.84. The SMILES string of the molecule is CCOC(=O)CC(C)OS(=O)(=O)c1ccc(C)cc1. The fourth-order valence-electron chi connectivity index (χ4n) is 1.47. The molecule has 19 heavy (non-hydrogen) atoms. The smallest absolute Gasteiger partial charge is 0.308 e. The van der Waals surface area contributed by atoms with Gasteiger partial charge in [-0.25, -0.2) is 0 Å². The summed E-state index contributed by atoms with van der Waals surface area (Å²) in [6.45, 7) is 5.33. The van der Waals surface area contributed by atoms with E-state index in [4.69, 9.17) is 8.92 Å². The van der Waals surface area contributed by atoms with Gasteiger partial charge < -0.3 is 4.74 Å². The molecule has 1 unspecified atom stereocenters. The van der Waals surface area contributed by atoms with Crippen LogP contribution in [0.2, 0.25) is 0 Å². The predicted molar refractivity (Wildman–Crippen MR) is 70.2 cm³/mol. The second-order valence-electron chi connectivity index (χ2n) is 4.18. The highest BCUT2D eigenvalue weighted by Gasteiger charge is 2.21. The molecule has 0 amide bonds. The van der Waals surface area contributed by atoms with E-state index in [2.05, 4.69) is 0 Å². The number of hydrogen-bond donors (Lipinski definition) is 0. The zero-order valence-corrected chi connectivity index (χ0v) is 12.1. The highest BCUT2D eigenvalue weighted by molar-refractivity contribution is 7.86. The summed E-state index contributed by atoms with van der Waals surface area (Å²) in [5.41, 5.74) is 0.957. The molecule has 1 aromatic rings. The van der Waals surface area contributed by atoms with Gasteiger partial charge in [0.25, 0.3) is 10.1 Å². The van der Waals surface area contributed by atoms with Gasteiger partial charge in [0.1, 0.15) is 0 Å². The fourth-order valence-corrected chi connectivity index (χ4v) is 2.55. The molecule has 1 atom stereocenters. The van der Waals surface area contributed by atoms with Crippen LogP contribution in [0, 0.1) is 6.92 Å². The first-order valence-corrected chi connectivity index (χ1v) is 7.41. The van der Waals surface area contributed by atoms with Gasteiger partial charge >= 0.3 is 5.97 Å². The molecule has 0 aliphatic heterocycles. The largest absolute Gasteiger partial charge is 0.466 e. The molecule has 0 N–H and O–H groups in total. The lowest BCUT2D eigenvalue weighted by molar-refractivity contribution is -0.144. The summed E-state index contributed by atoms with van der Waals surface area (Å²) in [5.74, 6) is -0.478. The van der Waals surface area contributed by atoms with Crippen LogP contribution in [0.1, 0.15) is 25.8 Å². The van der Waals surface area contributed by atoms with Crippen molar-refractivity contribution in [1.29, 1.82) is 0 Å². The van der Waals surface area contributed by atoms with Crippen molar-refractivity contribution < 1.29 is 22.1 Å². The predicted octanol–water partition coefficient (Wildman–Crippen LogP) is 2.04. The van der Waals surface area contributed by atoms with E-state index in [0.717, 1.165) is 5.56 Å². The van der Waals surface area contributed by atoms with Gasteiger partial charge in [0.05, 0.1) is 24.0 Å². The molecule has 0 spiro atoms. The Kier molecular flexibility index (Phi) is 5.50. The number of carbonyl (C=O) groups is 1. The normalized spacial score (nSPS) is 13.0. The second-order valence-corrected chi connectivity index (χ2v) is 5.76. The molecular weight excluding hydrogens is 268 g/mol. The molecule has 0 aromatic heterocycles. The first-order valence-electron chi connectivity index (χ1n) is 6.00. The Morgan fingerprint density at radius 3 is 2.37 bits per heavy atom. The summed E-state index contributed by atoms with van der Waals surface area (Å²) in [5, 5.41) is 0. The van der Waals surface area contributed by atoms with Gasteiger partial charge in [-0.05, 0) is 32.9 Å². The number of esters is 1. The molecule has 106 valence electrons. The zero-order valence-electron chi connectivity index (χ0n) is 11.3. The molecule has 1 aromatic carbocycles. The van der Waals surface area contributed by atoms with Crippen LogP contribution in [0.5, 0.6) is 0 Å². The van der Waals surface area contributed by atoms with Crippen molar-refractivity contribution >= 4 is 16.1 Å². The molecule has 0 aliphatic carbocycles. The van der Waals surface area contributed by atoms with Crippen molar-refractivity contribution in [1.82, 2.24) is 0 Å². The van der Waals surface area contributed by atoms with E-state index in [-0.39, 0.29) is 17.9 Å². The van der Waals surface area contributed by atoms with E-state index >= 15 is 0 Å². The molecule has 0 heterocycles. The third kappa shape index (κ3) is 5.00. The van der Waals surface area contributed by atoms with Crippen LogP contribution in [0.3, 0.4) is 0 Å². The van der Waals surface area contributed by atoms with Crippen LogP contribution in [-0.4, -0.2) is 27.1 Å². The lowest BCUT2D eigenvalue weighted by atomic mass is 10.2. The zero-order chi connectivity index (χ0) is 14.5. The number of ether oxygens (including phenoxy) is 1. The monoisotopic (exact) mass is 286 g/mol. The Balaban J connectivity index is 2.69. The van der Waals surface area contributed by atoms with E-state index in [1.165, 1.54) is 19.1 Å². The van der Waals surface area contributed by atoms with Crippen LogP contribution < -0.4 is 0 Å². The highest BCUT2D eigenvalue weighted by atomic mass is 32.2. The van der Waals surface area contributed by atoms with Crippen molar-refractivity contribution in [2.45, 2.75) is 38.2 Å². The Hall–Kier alpha value is -1.40. The van der Waals surface area contributed by atoms with Crippen molar-refractivity contribution in [2.24, 2.45) is 0 Å². The summed E-state index contributed by atoms with van der Waals surface area (Å²) in [6, 6.07) is 6.32. The molecule has 0 saturated carbocycles. The number of carbonyl (C=O) groups excluding carboxylic acids is 1. The molecule has 0 aliphatic rings. The van der Waals surface area contributed by atoms with E-state index in [1.807, 2.05) is 6.92 Å². The number of benzene rings is 1. The standard InChI is InChI=1S/C13H18O5S/c1-4-17-13(14)9-11(3)18-19(15,16)12-7-5-10(2)6-8-12/h5-8,11H,4,9H2,1-3H3. The Labute approximate surface area is 113 Å². The van der Waals surface area contributed by atoms with Gasteiger partial charge in [-0.1, -0.05) is 17.7 Å². The van der Waals surface area contributed by atoms with Gasteiger partial charge in [-0.3, -0.25) is 8.98 Å². The molecular formula is C13H18O5S. The van der Waals surface area contributed by atoms with Crippen LogP contribution in [-0.2, 0) is 23.8 Å². The van der Waals surface area contributed by atoms with Gasteiger partial charge in [0, 0.05) is 0 Å². The number of aryl methyl sites for hydroxylation is 1. The molecule has 0 fully saturated rings. The third-order valence-electron chi connectivity index (χ3n) is 2.36. The first-order chi connectivity index (χ1) is 8.85. The van der Waals surface area contributed by atoms with Crippen molar-refractivity contribution in [2.75, 3.05) is 6.61 Å². The third-order valence-corrected chi connectivity index (χ3v) is 3.79. The van der Waals surface area contributed by atoms with Crippen molar-refractivity contribution in [3.63, 3.8) is 0 Å². The molecule has 0 bridgehead atoms. The maximum absolute atomic E-state index is 11.9. The highest BCUT2D eigenvalue weighted by Crippen LogP contribution is 2.16. The van der Waals surface area contributed by atoms with Crippen LogP contribution in [0.15, 0.2) is 29.2 Å². The minimum Gasteiger partial charge on any atom is -0.466 e. The molecule has 0 saturated heterocycles. The van der Waals surface area contributed by atoms with Crippen LogP contribution in [0.4, 0.5) is 0 Å². The molecule has 5 nitrogen and oxygen atoms in total. The second kappa shape index (κ2) is 6.68. The summed E-state index contributed by atoms with van der Waals surface area (Å²) in [4.78, 5) is 11.3. The minimum atomic E-state index is -3.84. The average Bonchev–Trinajstić information content (AvgIpc) is 2.28. The van der Waals surface area contributed by atoms with E-state index in [9.17, 15) is 13.2 Å². The summed E-state index contributed by atoms with van der Waals surface area (Å²) < 4.78 is 33.5. The average molecular weight is 286 g/mol. The molecule has 6 heteroatoms.